The van der Waals surface area contributed by atoms with Crippen LogP contribution in [0.3, 0.4) is 0 Å². The van der Waals surface area contributed by atoms with Crippen molar-refractivity contribution in [2.45, 2.75) is 61.8 Å². The number of carboxylic acids is 1. The zero-order valence-corrected chi connectivity index (χ0v) is 35.3. The molecule has 0 fully saturated rings. The first-order chi connectivity index (χ1) is 29.7. The minimum Gasteiger partial charge on any atom is -0.487 e. The second-order valence-electron chi connectivity index (χ2n) is 13.4. The number of carbonyl (C=O) groups is 3. The summed E-state index contributed by atoms with van der Waals surface area (Å²) in [5.74, 6) is -1.16. The van der Waals surface area contributed by atoms with Crippen molar-refractivity contribution in [3.63, 3.8) is 0 Å². The van der Waals surface area contributed by atoms with Gasteiger partial charge in [0.25, 0.3) is 10.0 Å². The van der Waals surface area contributed by atoms with Crippen LogP contribution in [-0.2, 0) is 67.4 Å². The van der Waals surface area contributed by atoms with Crippen LogP contribution >= 0.6 is 11.3 Å². The number of carbonyl (C=O) groups excluding carboxylic acids is 2. The number of fused-ring (bicyclic) bond motifs is 1. The third kappa shape index (κ3) is 18.7. The normalized spacial score (nSPS) is 12.4. The molecule has 0 saturated heterocycles. The predicted molar refractivity (Wildman–Crippen MR) is 216 cm³/mol. The lowest BCUT2D eigenvalue weighted by molar-refractivity contribution is -0.139. The van der Waals surface area contributed by atoms with Gasteiger partial charge in [0.15, 0.2) is 0 Å². The van der Waals surface area contributed by atoms with Crippen molar-refractivity contribution < 1.29 is 69.5 Å². The first-order valence-electron chi connectivity index (χ1n) is 19.5. The van der Waals surface area contributed by atoms with E-state index in [9.17, 15) is 36.0 Å². The van der Waals surface area contributed by atoms with E-state index in [0.29, 0.717) is 106 Å². The Labute approximate surface area is 359 Å². The van der Waals surface area contributed by atoms with Crippen LogP contribution in [0.4, 0.5) is 13.2 Å². The van der Waals surface area contributed by atoms with Crippen LogP contribution < -0.4 is 20.5 Å². The number of sulfonamides is 1. The van der Waals surface area contributed by atoms with E-state index in [0.717, 1.165) is 23.5 Å². The Morgan fingerprint density at radius 1 is 0.839 bits per heavy atom. The molecule has 2 aromatic heterocycles. The van der Waals surface area contributed by atoms with Crippen LogP contribution in [0.25, 0.3) is 10.2 Å². The fourth-order valence-corrected chi connectivity index (χ4v) is 7.06. The number of halogens is 3. The van der Waals surface area contributed by atoms with Gasteiger partial charge >= 0.3 is 12.1 Å². The summed E-state index contributed by atoms with van der Waals surface area (Å²) in [6.45, 7) is 3.35. The van der Waals surface area contributed by atoms with Crippen LogP contribution in [0, 0.1) is 0 Å². The Morgan fingerprint density at radius 3 is 2.05 bits per heavy atom. The highest BCUT2D eigenvalue weighted by Crippen LogP contribution is 2.30. The van der Waals surface area contributed by atoms with E-state index in [4.69, 9.17) is 38.7 Å². The fourth-order valence-electron chi connectivity index (χ4n) is 5.37. The summed E-state index contributed by atoms with van der Waals surface area (Å²) in [5, 5.41) is 27.6. The zero-order valence-electron chi connectivity index (χ0n) is 33.7. The van der Waals surface area contributed by atoms with E-state index < -0.39 is 39.7 Å². The number of aromatic nitrogens is 4. The third-order valence-corrected chi connectivity index (χ3v) is 10.9. The summed E-state index contributed by atoms with van der Waals surface area (Å²) in [5.41, 5.74) is 0.476. The number of primary sulfonamides is 1. The molecule has 0 aliphatic rings. The number of amides is 2. The maximum atomic E-state index is 13.5. The first-order valence-corrected chi connectivity index (χ1v) is 21.8. The number of benzene rings is 2. The Kier molecular flexibility index (Phi) is 20.9. The lowest BCUT2D eigenvalue weighted by atomic mass is 10.1. The van der Waals surface area contributed by atoms with Gasteiger partial charge in [0.05, 0.1) is 94.5 Å². The van der Waals surface area contributed by atoms with Crippen LogP contribution in [0.5, 0.6) is 5.75 Å². The van der Waals surface area contributed by atoms with E-state index in [1.165, 1.54) is 16.8 Å². The molecule has 0 radical (unpaired) electrons. The van der Waals surface area contributed by atoms with Crippen molar-refractivity contribution in [3.05, 3.63) is 65.5 Å². The van der Waals surface area contributed by atoms with Gasteiger partial charge in [0.2, 0.25) is 16.2 Å². The van der Waals surface area contributed by atoms with Crippen LogP contribution in [-0.4, -0.2) is 124 Å². The molecule has 0 aliphatic carbocycles. The van der Waals surface area contributed by atoms with Crippen molar-refractivity contribution in [1.82, 2.24) is 30.6 Å². The number of rotatable bonds is 31. The number of nitrogens with zero attached hydrogens (tertiary/aromatic N) is 4. The maximum absolute atomic E-state index is 13.5. The highest BCUT2D eigenvalue weighted by atomic mass is 32.2. The Morgan fingerprint density at radius 2 is 1.45 bits per heavy atom. The summed E-state index contributed by atoms with van der Waals surface area (Å²) in [6, 6.07) is 8.43. The number of nitrogens with two attached hydrogens (primary N) is 1. The number of alkyl halides is 3. The van der Waals surface area contributed by atoms with E-state index in [-0.39, 0.29) is 49.5 Å². The number of unbranched alkanes of at least 4 members (excludes halogenated alkanes) is 1. The molecule has 0 bridgehead atoms. The lowest BCUT2D eigenvalue weighted by Gasteiger charge is -2.17. The molecule has 1 atom stereocenters. The van der Waals surface area contributed by atoms with Crippen molar-refractivity contribution in [2.75, 3.05) is 72.6 Å². The second kappa shape index (κ2) is 26.0. The van der Waals surface area contributed by atoms with E-state index in [2.05, 4.69) is 25.9 Å². The molecule has 4 rings (SSSR count). The monoisotopic (exact) mass is 917 g/mol. The second-order valence-corrected chi connectivity index (χ2v) is 16.1. The van der Waals surface area contributed by atoms with Gasteiger partial charge in [0, 0.05) is 19.5 Å². The molecular formula is C38H50F3N7O12S2. The highest BCUT2D eigenvalue weighted by molar-refractivity contribution is 7.91. The number of carboxylic acid groups (broad SMARTS) is 1. The summed E-state index contributed by atoms with van der Waals surface area (Å²) >= 11 is 0.901. The quantitative estimate of drug-likeness (QED) is 0.0529. The number of hydrogen-bond donors (Lipinski definition) is 4. The summed E-state index contributed by atoms with van der Waals surface area (Å²) in [6.07, 6.45) is -1.54. The fraction of sp³-hybridized carbons (Fsp3) is 0.526. The zero-order chi connectivity index (χ0) is 44.8. The molecule has 24 heteroatoms. The summed E-state index contributed by atoms with van der Waals surface area (Å²) in [7, 11) is -3.97. The molecule has 2 aromatic carbocycles. The van der Waals surface area contributed by atoms with Gasteiger partial charge in [-0.05, 0) is 55.2 Å². The maximum Gasteiger partial charge on any atom is 0.416 e. The predicted octanol–water partition coefficient (Wildman–Crippen LogP) is 3.22. The molecular weight excluding hydrogens is 868 g/mol. The van der Waals surface area contributed by atoms with Crippen molar-refractivity contribution in [2.24, 2.45) is 5.14 Å². The molecule has 2 heterocycles. The standard InChI is InChI=1S/C38H50F3N7O12S2/c39-38(40,41)28-6-4-27(5-7-28)24-44-36(52)32(48-25-29(46-47-48)26-60-30-8-9-31-33(23-30)61-37(45-31)62(42,53)54)3-1-2-12-43-34(49)10-13-55-15-17-57-19-21-59-22-20-58-18-16-56-14-11-35(50)51/h4-9,23,25,32H,1-3,10-22,24,26H2,(H,43,49)(H,44,52)(H,50,51)(H2,42,53,54)/t32-/m0/s1. The molecule has 0 spiro atoms. The number of nitrogens with one attached hydrogen (secondary N) is 2. The number of aliphatic carboxylic acids is 1. The highest BCUT2D eigenvalue weighted by Gasteiger charge is 2.30. The Bertz CT molecular complexity index is 2100. The van der Waals surface area contributed by atoms with Gasteiger partial charge in [-0.15, -0.1) is 16.4 Å². The summed E-state index contributed by atoms with van der Waals surface area (Å²) in [4.78, 5) is 40.2. The number of hydrogen-bond acceptors (Lipinski definition) is 15. The van der Waals surface area contributed by atoms with Crippen molar-refractivity contribution in [3.8, 4) is 5.75 Å². The van der Waals surface area contributed by atoms with Crippen molar-refractivity contribution >= 4 is 49.4 Å². The molecule has 2 amide bonds. The molecule has 0 aliphatic heterocycles. The average molecular weight is 918 g/mol. The minimum absolute atomic E-state index is 0.0293. The first kappa shape index (κ1) is 49.8. The SMILES string of the molecule is NS(=O)(=O)c1nc2ccc(OCc3cn([C@@H](CCCCNC(=O)CCOCCOCCOCCOCCOCCC(=O)O)C(=O)NCc4ccc(C(F)(F)F)cc4)nn3)cc2s1. The van der Waals surface area contributed by atoms with E-state index >= 15 is 0 Å². The molecule has 4 aromatic rings. The molecule has 0 saturated carbocycles. The smallest absolute Gasteiger partial charge is 0.416 e. The number of thiazole rings is 1. The Hall–Kier alpha value is -4.82. The van der Waals surface area contributed by atoms with E-state index in [1.54, 1.807) is 24.4 Å². The average Bonchev–Trinajstić information content (AvgIpc) is 3.89. The van der Waals surface area contributed by atoms with E-state index in [1.807, 2.05) is 0 Å². The Balaban J connectivity index is 1.14. The van der Waals surface area contributed by atoms with Gasteiger partial charge < -0.3 is 44.2 Å². The molecule has 0 unspecified atom stereocenters. The number of ether oxygens (including phenoxy) is 6. The third-order valence-electron chi connectivity index (χ3n) is 8.55. The lowest BCUT2D eigenvalue weighted by Crippen LogP contribution is -2.33. The van der Waals surface area contributed by atoms with Gasteiger partial charge in [0.1, 0.15) is 24.1 Å². The molecule has 5 N–H and O–H groups in total. The van der Waals surface area contributed by atoms with Crippen LogP contribution in [0.2, 0.25) is 0 Å². The van der Waals surface area contributed by atoms with Gasteiger partial charge in [-0.1, -0.05) is 17.3 Å². The molecule has 342 valence electrons. The van der Waals surface area contributed by atoms with Gasteiger partial charge in [-0.2, -0.15) is 13.2 Å². The van der Waals surface area contributed by atoms with Crippen LogP contribution in [0.15, 0.2) is 53.0 Å². The van der Waals surface area contributed by atoms with Crippen LogP contribution in [0.1, 0.15) is 55.0 Å². The molecule has 19 nitrogen and oxygen atoms in total. The molecule has 62 heavy (non-hydrogen) atoms. The summed E-state index contributed by atoms with van der Waals surface area (Å²) < 4.78 is 96.7. The van der Waals surface area contributed by atoms with Gasteiger partial charge in [-0.3, -0.25) is 14.4 Å². The minimum atomic E-state index is -4.49. The van der Waals surface area contributed by atoms with Crippen molar-refractivity contribution in [1.29, 1.82) is 0 Å². The largest absolute Gasteiger partial charge is 0.487 e. The van der Waals surface area contributed by atoms with Gasteiger partial charge in [-0.25, -0.2) is 23.2 Å². The topological polar surface area (TPSA) is 255 Å².